The Kier molecular flexibility index (Phi) is 4.14. The molecule has 1 fully saturated rings. The van der Waals surface area contributed by atoms with Gasteiger partial charge >= 0.3 is 0 Å². The maximum absolute atomic E-state index is 13.1. The number of benzene rings is 1. The molecule has 1 saturated heterocycles. The molecule has 0 saturated carbocycles. The first-order valence-corrected chi connectivity index (χ1v) is 8.59. The van der Waals surface area contributed by atoms with Crippen LogP contribution in [0.5, 0.6) is 0 Å². The summed E-state index contributed by atoms with van der Waals surface area (Å²) in [4.78, 5) is 19.1. The number of fused-ring (bicyclic) bond motifs is 1. The Morgan fingerprint density at radius 3 is 3.00 bits per heavy atom. The largest absolute Gasteiger partial charge is 0.339 e. The lowest BCUT2D eigenvalue weighted by atomic mass is 10.1. The molecule has 0 amide bonds. The van der Waals surface area contributed by atoms with Crippen molar-refractivity contribution in [1.82, 2.24) is 19.2 Å². The minimum atomic E-state index is -0.181. The molecule has 1 aliphatic rings. The van der Waals surface area contributed by atoms with E-state index in [1.165, 1.54) is 17.0 Å². The number of nitrogens with zero attached hydrogens (tertiary/aromatic N) is 6. The molecule has 0 radical (unpaired) electrons. The number of rotatable bonds is 3. The van der Waals surface area contributed by atoms with Crippen molar-refractivity contribution in [3.8, 4) is 6.07 Å². The maximum Gasteiger partial charge on any atom is 0.281 e. The van der Waals surface area contributed by atoms with Gasteiger partial charge in [0.25, 0.3) is 5.56 Å². The number of piperidine rings is 1. The van der Waals surface area contributed by atoms with Crippen molar-refractivity contribution in [3.05, 3.63) is 58.3 Å². The fourth-order valence-corrected chi connectivity index (χ4v) is 3.41. The summed E-state index contributed by atoms with van der Waals surface area (Å²) < 4.78 is 3.12. The monoisotopic (exact) mass is 349 g/mol. The predicted octanol–water partition coefficient (Wildman–Crippen LogP) is 0.738. The summed E-state index contributed by atoms with van der Waals surface area (Å²) in [6, 6.07) is 9.53. The standard InChI is InChI=1S/C18H19N7O/c19-8-13-4-1-2-5-14(13)10-24-17(26)16-9-21-12-25(16)22-18(24)23-7-3-6-15(20)11-23/h1-2,4-5,9,12,15H,3,6-7,10-11,20H2. The van der Waals surface area contributed by atoms with Crippen molar-refractivity contribution in [2.75, 3.05) is 18.0 Å². The van der Waals surface area contributed by atoms with Crippen molar-refractivity contribution < 1.29 is 0 Å². The van der Waals surface area contributed by atoms with Crippen molar-refractivity contribution >= 4 is 11.5 Å². The van der Waals surface area contributed by atoms with Crippen LogP contribution in [0.1, 0.15) is 24.0 Å². The van der Waals surface area contributed by atoms with Crippen LogP contribution in [0, 0.1) is 11.3 Å². The first-order valence-electron chi connectivity index (χ1n) is 8.59. The van der Waals surface area contributed by atoms with Gasteiger partial charge in [-0.3, -0.25) is 9.36 Å². The smallest absolute Gasteiger partial charge is 0.281 e. The molecular formula is C18H19N7O. The molecule has 1 unspecified atom stereocenters. The van der Waals surface area contributed by atoms with E-state index in [4.69, 9.17) is 5.73 Å². The van der Waals surface area contributed by atoms with E-state index in [9.17, 15) is 10.1 Å². The molecule has 3 heterocycles. The molecule has 2 N–H and O–H groups in total. The number of hydrogen-bond acceptors (Lipinski definition) is 6. The zero-order valence-corrected chi connectivity index (χ0v) is 14.2. The fraction of sp³-hybridized carbons (Fsp3) is 0.333. The highest BCUT2D eigenvalue weighted by Gasteiger charge is 2.23. The van der Waals surface area contributed by atoms with Crippen molar-refractivity contribution in [3.63, 3.8) is 0 Å². The first-order chi connectivity index (χ1) is 12.7. The Hall–Kier alpha value is -3.18. The molecule has 26 heavy (non-hydrogen) atoms. The summed E-state index contributed by atoms with van der Waals surface area (Å²) in [5.74, 6) is 0.559. The zero-order valence-electron chi connectivity index (χ0n) is 14.2. The summed E-state index contributed by atoms with van der Waals surface area (Å²) >= 11 is 0. The quantitative estimate of drug-likeness (QED) is 0.748. The lowest BCUT2D eigenvalue weighted by Crippen LogP contribution is -2.46. The highest BCUT2D eigenvalue weighted by Crippen LogP contribution is 2.18. The molecule has 1 aliphatic heterocycles. The molecule has 1 aromatic carbocycles. The molecule has 0 bridgehead atoms. The molecule has 8 nitrogen and oxygen atoms in total. The second-order valence-electron chi connectivity index (χ2n) is 6.53. The van der Waals surface area contributed by atoms with Crippen molar-refractivity contribution in [1.29, 1.82) is 5.26 Å². The topological polar surface area (TPSA) is 105 Å². The molecular weight excluding hydrogens is 330 g/mol. The van der Waals surface area contributed by atoms with Gasteiger partial charge in [0.2, 0.25) is 5.95 Å². The molecule has 8 heteroatoms. The number of anilines is 1. The van der Waals surface area contributed by atoms with Gasteiger partial charge in [-0.05, 0) is 24.5 Å². The lowest BCUT2D eigenvalue weighted by Gasteiger charge is -2.32. The van der Waals surface area contributed by atoms with Gasteiger partial charge in [0.1, 0.15) is 6.33 Å². The van der Waals surface area contributed by atoms with Crippen LogP contribution in [0.15, 0.2) is 41.6 Å². The second kappa shape index (κ2) is 6.61. The van der Waals surface area contributed by atoms with Crippen LogP contribution in [0.25, 0.3) is 5.52 Å². The zero-order chi connectivity index (χ0) is 18.1. The molecule has 3 aromatic rings. The summed E-state index contributed by atoms with van der Waals surface area (Å²) in [5.41, 5.74) is 7.68. The summed E-state index contributed by atoms with van der Waals surface area (Å²) in [5, 5.41) is 14.0. The van der Waals surface area contributed by atoms with Gasteiger partial charge in [-0.1, -0.05) is 18.2 Å². The van der Waals surface area contributed by atoms with Crippen LogP contribution in [-0.4, -0.2) is 38.3 Å². The third-order valence-corrected chi connectivity index (χ3v) is 4.73. The van der Waals surface area contributed by atoms with Gasteiger partial charge in [-0.25, -0.2) is 9.50 Å². The maximum atomic E-state index is 13.1. The minimum Gasteiger partial charge on any atom is -0.339 e. The van der Waals surface area contributed by atoms with E-state index in [0.717, 1.165) is 24.9 Å². The van der Waals surface area contributed by atoms with E-state index in [-0.39, 0.29) is 18.1 Å². The first kappa shape index (κ1) is 16.3. The average Bonchev–Trinajstić information content (AvgIpc) is 3.13. The fourth-order valence-electron chi connectivity index (χ4n) is 3.41. The molecule has 1 atom stereocenters. The van der Waals surface area contributed by atoms with E-state index >= 15 is 0 Å². The van der Waals surface area contributed by atoms with Crippen LogP contribution in [0.4, 0.5) is 5.95 Å². The summed E-state index contributed by atoms with van der Waals surface area (Å²) in [7, 11) is 0. The van der Waals surface area contributed by atoms with Crippen LogP contribution in [0.2, 0.25) is 0 Å². The highest BCUT2D eigenvalue weighted by atomic mass is 16.1. The normalized spacial score (nSPS) is 17.4. The molecule has 0 spiro atoms. The second-order valence-corrected chi connectivity index (χ2v) is 6.53. The van der Waals surface area contributed by atoms with Gasteiger partial charge < -0.3 is 10.6 Å². The van der Waals surface area contributed by atoms with Gasteiger partial charge in [-0.15, -0.1) is 5.10 Å². The number of aromatic nitrogens is 4. The summed E-state index contributed by atoms with van der Waals surface area (Å²) in [6.45, 7) is 1.71. The van der Waals surface area contributed by atoms with Gasteiger partial charge in [0.05, 0.1) is 24.4 Å². The Morgan fingerprint density at radius 2 is 2.19 bits per heavy atom. The predicted molar refractivity (Wildman–Crippen MR) is 96.9 cm³/mol. The third-order valence-electron chi connectivity index (χ3n) is 4.73. The van der Waals surface area contributed by atoms with E-state index in [1.807, 2.05) is 23.1 Å². The molecule has 2 aromatic heterocycles. The highest BCUT2D eigenvalue weighted by molar-refractivity contribution is 5.46. The van der Waals surface area contributed by atoms with Crippen molar-refractivity contribution in [2.24, 2.45) is 5.73 Å². The van der Waals surface area contributed by atoms with Gasteiger partial charge in [0.15, 0.2) is 5.52 Å². The van der Waals surface area contributed by atoms with Gasteiger partial charge in [-0.2, -0.15) is 5.26 Å². The van der Waals surface area contributed by atoms with E-state index in [2.05, 4.69) is 16.2 Å². The SMILES string of the molecule is N#Cc1ccccc1Cn1c(N2CCCC(N)C2)nn2cncc2c1=O. The van der Waals surface area contributed by atoms with Crippen LogP contribution >= 0.6 is 0 Å². The van der Waals surface area contributed by atoms with Crippen LogP contribution in [0.3, 0.4) is 0 Å². The average molecular weight is 349 g/mol. The number of hydrogen-bond donors (Lipinski definition) is 1. The Bertz CT molecular complexity index is 1050. The van der Waals surface area contributed by atoms with Crippen LogP contribution in [-0.2, 0) is 6.54 Å². The molecule has 4 rings (SSSR count). The van der Waals surface area contributed by atoms with E-state index in [1.54, 1.807) is 10.6 Å². The molecule has 132 valence electrons. The number of nitrogens with two attached hydrogens (primary N) is 1. The minimum absolute atomic E-state index is 0.0546. The number of imidazole rings is 1. The van der Waals surface area contributed by atoms with E-state index < -0.39 is 0 Å². The Morgan fingerprint density at radius 1 is 1.35 bits per heavy atom. The van der Waals surface area contributed by atoms with E-state index in [0.29, 0.717) is 23.6 Å². The Balaban J connectivity index is 1.86. The molecule has 0 aliphatic carbocycles. The van der Waals surface area contributed by atoms with Gasteiger partial charge in [0, 0.05) is 19.1 Å². The Labute approximate surface area is 150 Å². The summed E-state index contributed by atoms with van der Waals surface area (Å²) in [6.07, 6.45) is 4.95. The van der Waals surface area contributed by atoms with Crippen LogP contribution < -0.4 is 16.2 Å². The van der Waals surface area contributed by atoms with Crippen molar-refractivity contribution in [2.45, 2.75) is 25.4 Å². The third kappa shape index (κ3) is 2.82. The lowest BCUT2D eigenvalue weighted by molar-refractivity contribution is 0.487. The number of nitriles is 1.